The van der Waals surface area contributed by atoms with E-state index in [1.54, 1.807) is 0 Å². The fourth-order valence-electron chi connectivity index (χ4n) is 5.04. The minimum absolute atomic E-state index is 0. The van der Waals surface area contributed by atoms with Gasteiger partial charge in [0.05, 0.1) is 30.7 Å². The number of nitrogens with two attached hydrogens (primary N) is 1. The maximum Gasteiger partial charge on any atom is 0.153 e. The summed E-state index contributed by atoms with van der Waals surface area (Å²) in [6, 6.07) is 7.82. The molecule has 5 rings (SSSR count). The molecular formula is C24H32ClN5O2. The number of hydrogen-bond donors (Lipinski definition) is 3. The highest BCUT2D eigenvalue weighted by Crippen LogP contribution is 2.42. The van der Waals surface area contributed by atoms with E-state index >= 15 is 0 Å². The minimum atomic E-state index is -0.169. The lowest BCUT2D eigenvalue weighted by Crippen LogP contribution is -2.51. The van der Waals surface area contributed by atoms with Crippen molar-refractivity contribution in [2.24, 2.45) is 11.1 Å². The molecule has 4 N–H and O–H groups in total. The van der Waals surface area contributed by atoms with Gasteiger partial charge in [0.15, 0.2) is 5.82 Å². The van der Waals surface area contributed by atoms with Crippen molar-refractivity contribution in [2.45, 2.75) is 52.9 Å². The zero-order chi connectivity index (χ0) is 21.8. The first-order valence-electron chi connectivity index (χ1n) is 10.8. The quantitative estimate of drug-likeness (QED) is 0.548. The number of piperidine rings is 1. The van der Waals surface area contributed by atoms with Crippen LogP contribution in [0.5, 0.6) is 0 Å². The molecule has 0 bridgehead atoms. The maximum atomic E-state index is 10.1. The van der Waals surface area contributed by atoms with Gasteiger partial charge in [0.25, 0.3) is 0 Å². The van der Waals surface area contributed by atoms with Gasteiger partial charge in [0.2, 0.25) is 0 Å². The number of ether oxygens (including phenoxy) is 1. The monoisotopic (exact) mass is 457 g/mol. The van der Waals surface area contributed by atoms with Crippen molar-refractivity contribution in [3.63, 3.8) is 0 Å². The number of fused-ring (bicyclic) bond motifs is 1. The van der Waals surface area contributed by atoms with Crippen molar-refractivity contribution in [2.75, 3.05) is 24.6 Å². The molecule has 1 aromatic carbocycles. The van der Waals surface area contributed by atoms with Gasteiger partial charge in [-0.05, 0) is 44.9 Å². The van der Waals surface area contributed by atoms with Gasteiger partial charge in [0.1, 0.15) is 11.4 Å². The number of hydrogen-bond acceptors (Lipinski definition) is 6. The third-order valence-corrected chi connectivity index (χ3v) is 7.37. The molecule has 2 fully saturated rings. The third kappa shape index (κ3) is 3.67. The average molecular weight is 458 g/mol. The summed E-state index contributed by atoms with van der Waals surface area (Å²) in [5.41, 5.74) is 10.4. The number of aromatic amines is 1. The summed E-state index contributed by atoms with van der Waals surface area (Å²) in [7, 11) is 0. The first kappa shape index (κ1) is 23.0. The summed E-state index contributed by atoms with van der Waals surface area (Å²) >= 11 is 6.33. The number of aromatic nitrogens is 3. The van der Waals surface area contributed by atoms with Gasteiger partial charge in [0, 0.05) is 40.5 Å². The van der Waals surface area contributed by atoms with Gasteiger partial charge in [-0.3, -0.25) is 0 Å². The van der Waals surface area contributed by atoms with Gasteiger partial charge >= 0.3 is 0 Å². The van der Waals surface area contributed by atoms with Crippen molar-refractivity contribution >= 4 is 28.3 Å². The van der Waals surface area contributed by atoms with Crippen molar-refractivity contribution in [1.82, 2.24) is 15.0 Å². The molecule has 0 aliphatic carbocycles. The van der Waals surface area contributed by atoms with Crippen LogP contribution in [0.25, 0.3) is 22.3 Å². The average Bonchev–Trinajstić information content (AvgIpc) is 3.33. The molecular weight excluding hydrogens is 426 g/mol. The number of nitrogens with one attached hydrogen (secondary N) is 1. The summed E-state index contributed by atoms with van der Waals surface area (Å²) in [5.74, 6) is 0.758. The zero-order valence-corrected chi connectivity index (χ0v) is 18.6. The minimum Gasteiger partial charge on any atom is -0.390 e. The van der Waals surface area contributed by atoms with Crippen LogP contribution >= 0.6 is 11.6 Å². The van der Waals surface area contributed by atoms with Gasteiger partial charge in [-0.15, -0.1) is 0 Å². The van der Waals surface area contributed by atoms with Crippen LogP contribution in [0.3, 0.4) is 0 Å². The highest BCUT2D eigenvalue weighted by atomic mass is 35.5. The molecule has 2 atom stereocenters. The second-order valence-electron chi connectivity index (χ2n) is 8.86. The molecule has 0 unspecified atom stereocenters. The molecule has 8 heteroatoms. The van der Waals surface area contributed by atoms with Crippen LogP contribution in [0.15, 0.2) is 24.3 Å². The number of rotatable bonds is 3. The van der Waals surface area contributed by atoms with Crippen LogP contribution in [-0.4, -0.2) is 51.9 Å². The molecule has 2 saturated heterocycles. The topological polar surface area (TPSA) is 100 Å². The first-order valence-corrected chi connectivity index (χ1v) is 11.2. The molecule has 7 nitrogen and oxygen atoms in total. The molecule has 32 heavy (non-hydrogen) atoms. The number of benzene rings is 1. The number of halogens is 1. The summed E-state index contributed by atoms with van der Waals surface area (Å²) in [5, 5.41) is 11.7. The van der Waals surface area contributed by atoms with Crippen molar-refractivity contribution in [3.8, 4) is 11.4 Å². The third-order valence-electron chi connectivity index (χ3n) is 7.04. The van der Waals surface area contributed by atoms with Gasteiger partial charge in [-0.25, -0.2) is 9.97 Å². The van der Waals surface area contributed by atoms with E-state index in [9.17, 15) is 5.11 Å². The molecule has 4 heterocycles. The predicted octanol–water partition coefficient (Wildman–Crippen LogP) is 4.05. The van der Waals surface area contributed by atoms with Crippen LogP contribution in [-0.2, 0) is 11.3 Å². The summed E-state index contributed by atoms with van der Waals surface area (Å²) in [6.45, 7) is 6.22. The Morgan fingerprint density at radius 3 is 2.69 bits per heavy atom. The molecule has 0 radical (unpaired) electrons. The predicted molar refractivity (Wildman–Crippen MR) is 129 cm³/mol. The standard InChI is InChI=1S/C23H28ClN5O2.CH4/c1-13-20(18-10-15-16(24)4-3-5-17(15)27-18)28-19(11-30)22(26-13)29-8-6-23(7-9-29)12-31-14(2)21(23)25;/h3-5,10,14,21,27,30H,6-9,11-12,25H2,1-2H3;1H4/t14-,21+;/m0./s1. The summed E-state index contributed by atoms with van der Waals surface area (Å²) < 4.78 is 5.84. The van der Waals surface area contributed by atoms with Crippen LogP contribution in [0.2, 0.25) is 5.02 Å². The van der Waals surface area contributed by atoms with Gasteiger partial charge in [-0.1, -0.05) is 25.1 Å². The molecule has 3 aromatic rings. The van der Waals surface area contributed by atoms with Crippen molar-refractivity contribution in [1.29, 1.82) is 0 Å². The van der Waals surface area contributed by atoms with Gasteiger partial charge < -0.3 is 25.5 Å². The molecule has 2 aliphatic heterocycles. The number of aryl methyl sites for hydroxylation is 1. The number of H-pyrrole nitrogens is 1. The van der Waals surface area contributed by atoms with Crippen LogP contribution in [0.1, 0.15) is 38.6 Å². The highest BCUT2D eigenvalue weighted by Gasteiger charge is 2.47. The van der Waals surface area contributed by atoms with E-state index < -0.39 is 0 Å². The van der Waals surface area contributed by atoms with E-state index in [1.165, 1.54) is 0 Å². The lowest BCUT2D eigenvalue weighted by molar-refractivity contribution is 0.0973. The Morgan fingerprint density at radius 2 is 2.06 bits per heavy atom. The first-order chi connectivity index (χ1) is 14.9. The Kier molecular flexibility index (Phi) is 6.20. The van der Waals surface area contributed by atoms with E-state index in [-0.39, 0.29) is 31.6 Å². The second kappa shape index (κ2) is 8.63. The molecule has 2 aliphatic rings. The Balaban J connectivity index is 0.00000245. The number of nitrogens with zero attached hydrogens (tertiary/aromatic N) is 3. The van der Waals surface area contributed by atoms with E-state index in [1.807, 2.05) is 31.2 Å². The maximum absolute atomic E-state index is 10.1. The molecule has 2 aromatic heterocycles. The normalized spacial score (nSPS) is 22.5. The molecule has 172 valence electrons. The lowest BCUT2D eigenvalue weighted by Gasteiger charge is -2.42. The van der Waals surface area contributed by atoms with Crippen molar-refractivity contribution < 1.29 is 9.84 Å². The molecule has 0 amide bonds. The Hall–Kier alpha value is -2.19. The van der Waals surface area contributed by atoms with E-state index in [2.05, 4.69) is 16.8 Å². The Bertz CT molecular complexity index is 1120. The van der Waals surface area contributed by atoms with Crippen LogP contribution in [0.4, 0.5) is 5.82 Å². The largest absolute Gasteiger partial charge is 0.390 e. The van der Waals surface area contributed by atoms with Gasteiger partial charge in [-0.2, -0.15) is 0 Å². The van der Waals surface area contributed by atoms with Crippen LogP contribution in [0, 0.1) is 12.3 Å². The summed E-state index contributed by atoms with van der Waals surface area (Å²) in [4.78, 5) is 15.3. The fourth-order valence-corrected chi connectivity index (χ4v) is 5.27. The zero-order valence-electron chi connectivity index (χ0n) is 17.9. The Labute approximate surface area is 194 Å². The van der Waals surface area contributed by atoms with E-state index in [0.717, 1.165) is 66.3 Å². The SMILES string of the molecule is C.Cc1nc(N2CCC3(CC2)CO[C@@H](C)[C@H]3N)c(CO)nc1-c1cc2c(Cl)cccc2[nH]1. The molecule has 0 saturated carbocycles. The lowest BCUT2D eigenvalue weighted by atomic mass is 9.73. The fraction of sp³-hybridized carbons (Fsp3) is 0.500. The number of anilines is 1. The number of aliphatic hydroxyl groups excluding tert-OH is 1. The van der Waals surface area contributed by atoms with E-state index in [0.29, 0.717) is 10.7 Å². The number of aliphatic hydroxyl groups is 1. The molecule has 1 spiro atoms. The highest BCUT2D eigenvalue weighted by molar-refractivity contribution is 6.35. The van der Waals surface area contributed by atoms with Crippen molar-refractivity contribution in [3.05, 3.63) is 40.7 Å². The Morgan fingerprint density at radius 1 is 1.31 bits per heavy atom. The van der Waals surface area contributed by atoms with Crippen LogP contribution < -0.4 is 10.6 Å². The smallest absolute Gasteiger partial charge is 0.153 e. The summed E-state index contributed by atoms with van der Waals surface area (Å²) in [6.07, 6.45) is 2.00. The van der Waals surface area contributed by atoms with E-state index in [4.69, 9.17) is 32.0 Å². The second-order valence-corrected chi connectivity index (χ2v) is 9.27.